The van der Waals surface area contributed by atoms with Crippen LogP contribution in [0.5, 0.6) is 5.75 Å². The van der Waals surface area contributed by atoms with E-state index in [1.165, 1.54) is 5.69 Å². The van der Waals surface area contributed by atoms with Crippen LogP contribution in [0, 0.1) is 0 Å². The highest BCUT2D eigenvalue weighted by molar-refractivity contribution is 5.54. The predicted octanol–water partition coefficient (Wildman–Crippen LogP) is 1.92. The first-order chi connectivity index (χ1) is 7.86. The molecule has 4 heteroatoms. The van der Waals surface area contributed by atoms with E-state index in [4.69, 9.17) is 9.47 Å². The molecule has 2 heterocycles. The zero-order valence-electron chi connectivity index (χ0n) is 9.64. The quantitative estimate of drug-likeness (QED) is 0.722. The molecular weight excluding hydrogens is 204 g/mol. The number of methoxy groups -OCH3 is 1. The summed E-state index contributed by atoms with van der Waals surface area (Å²) in [6, 6.07) is 3.90. The maximum atomic E-state index is 5.61. The fraction of sp³-hybridized carbons (Fsp3) is 0.417. The van der Waals surface area contributed by atoms with Crippen molar-refractivity contribution in [1.82, 2.24) is 9.38 Å². The van der Waals surface area contributed by atoms with Crippen molar-refractivity contribution in [3.63, 3.8) is 0 Å². The molecular formula is C12H16N2O2. The molecule has 0 atom stereocenters. The Morgan fingerprint density at radius 2 is 2.25 bits per heavy atom. The van der Waals surface area contributed by atoms with Crippen molar-refractivity contribution < 1.29 is 9.47 Å². The summed E-state index contributed by atoms with van der Waals surface area (Å²) in [6.45, 7) is 3.24. The molecule has 2 aromatic heterocycles. The molecule has 0 saturated heterocycles. The van der Waals surface area contributed by atoms with Gasteiger partial charge in [-0.25, -0.2) is 4.98 Å². The van der Waals surface area contributed by atoms with Crippen LogP contribution < -0.4 is 4.74 Å². The molecule has 0 spiro atoms. The number of aryl methyl sites for hydroxylation is 1. The van der Waals surface area contributed by atoms with Gasteiger partial charge in [0.2, 0.25) is 0 Å². The normalized spacial score (nSPS) is 10.9. The average Bonchev–Trinajstić information content (AvgIpc) is 2.73. The number of nitrogens with zero attached hydrogens (tertiary/aromatic N) is 2. The van der Waals surface area contributed by atoms with Crippen molar-refractivity contribution in [1.29, 1.82) is 0 Å². The van der Waals surface area contributed by atoms with Gasteiger partial charge in [-0.1, -0.05) is 6.92 Å². The highest BCUT2D eigenvalue weighted by Gasteiger charge is 2.06. The van der Waals surface area contributed by atoms with Crippen LogP contribution in [0.2, 0.25) is 0 Å². The summed E-state index contributed by atoms with van der Waals surface area (Å²) in [7, 11) is 1.66. The highest BCUT2D eigenvalue weighted by Crippen LogP contribution is 2.19. The molecule has 0 N–H and O–H groups in total. The summed E-state index contributed by atoms with van der Waals surface area (Å²) in [5, 5.41) is 0. The van der Waals surface area contributed by atoms with Crippen molar-refractivity contribution in [2.75, 3.05) is 20.3 Å². The lowest BCUT2D eigenvalue weighted by Crippen LogP contribution is -2.05. The van der Waals surface area contributed by atoms with Gasteiger partial charge in [0.1, 0.15) is 6.61 Å². The zero-order valence-corrected chi connectivity index (χ0v) is 9.64. The number of aromatic nitrogens is 2. The molecule has 0 radical (unpaired) electrons. The number of ether oxygens (including phenoxy) is 2. The SMILES string of the molecule is CCc1cnc2c(OCCOC)cccn12. The smallest absolute Gasteiger partial charge is 0.179 e. The highest BCUT2D eigenvalue weighted by atomic mass is 16.5. The molecule has 4 nitrogen and oxygen atoms in total. The first-order valence-electron chi connectivity index (χ1n) is 5.43. The summed E-state index contributed by atoms with van der Waals surface area (Å²) >= 11 is 0. The van der Waals surface area contributed by atoms with Gasteiger partial charge in [0.25, 0.3) is 0 Å². The summed E-state index contributed by atoms with van der Waals surface area (Å²) < 4.78 is 12.6. The molecule has 0 fully saturated rings. The van der Waals surface area contributed by atoms with E-state index < -0.39 is 0 Å². The number of fused-ring (bicyclic) bond motifs is 1. The number of hydrogen-bond acceptors (Lipinski definition) is 3. The summed E-state index contributed by atoms with van der Waals surface area (Å²) in [5.41, 5.74) is 2.06. The molecule has 0 bridgehead atoms. The molecule has 86 valence electrons. The lowest BCUT2D eigenvalue weighted by Gasteiger charge is -2.07. The second-order valence-corrected chi connectivity index (χ2v) is 3.51. The summed E-state index contributed by atoms with van der Waals surface area (Å²) in [5.74, 6) is 0.805. The third-order valence-corrected chi connectivity index (χ3v) is 2.48. The fourth-order valence-corrected chi connectivity index (χ4v) is 1.65. The van der Waals surface area contributed by atoms with Gasteiger partial charge in [-0.3, -0.25) is 0 Å². The molecule has 0 aliphatic rings. The molecule has 2 aromatic rings. The van der Waals surface area contributed by atoms with Gasteiger partial charge in [0.05, 0.1) is 6.61 Å². The molecule has 0 amide bonds. The molecule has 0 aliphatic heterocycles. The van der Waals surface area contributed by atoms with Crippen LogP contribution in [-0.4, -0.2) is 29.7 Å². The first-order valence-corrected chi connectivity index (χ1v) is 5.43. The Balaban J connectivity index is 2.28. The summed E-state index contributed by atoms with van der Waals surface area (Å²) in [4.78, 5) is 4.37. The maximum Gasteiger partial charge on any atom is 0.179 e. The number of imidazole rings is 1. The number of hydrogen-bond donors (Lipinski definition) is 0. The Labute approximate surface area is 94.8 Å². The molecule has 16 heavy (non-hydrogen) atoms. The Hall–Kier alpha value is -1.55. The van der Waals surface area contributed by atoms with Crippen LogP contribution in [0.25, 0.3) is 5.65 Å². The van der Waals surface area contributed by atoms with E-state index in [1.54, 1.807) is 7.11 Å². The van der Waals surface area contributed by atoms with Gasteiger partial charge < -0.3 is 13.9 Å². The van der Waals surface area contributed by atoms with Crippen LogP contribution in [-0.2, 0) is 11.2 Å². The Morgan fingerprint density at radius 1 is 1.38 bits per heavy atom. The van der Waals surface area contributed by atoms with Crippen molar-refractivity contribution in [3.05, 3.63) is 30.2 Å². The second kappa shape index (κ2) is 4.99. The van der Waals surface area contributed by atoms with E-state index in [1.807, 2.05) is 24.5 Å². The Kier molecular flexibility index (Phi) is 3.41. The van der Waals surface area contributed by atoms with Gasteiger partial charge in [-0.2, -0.15) is 0 Å². The van der Waals surface area contributed by atoms with E-state index in [9.17, 15) is 0 Å². The summed E-state index contributed by atoms with van der Waals surface area (Å²) in [6.07, 6.45) is 4.85. The third-order valence-electron chi connectivity index (χ3n) is 2.48. The lowest BCUT2D eigenvalue weighted by molar-refractivity contribution is 0.147. The van der Waals surface area contributed by atoms with Crippen LogP contribution in [0.4, 0.5) is 0 Å². The standard InChI is InChI=1S/C12H16N2O2/c1-3-10-9-13-12-11(16-8-7-15-2)5-4-6-14(10)12/h4-6,9H,3,7-8H2,1-2H3. The fourth-order valence-electron chi connectivity index (χ4n) is 1.65. The van der Waals surface area contributed by atoms with E-state index in [2.05, 4.69) is 16.3 Å². The Morgan fingerprint density at radius 3 is 3.00 bits per heavy atom. The van der Waals surface area contributed by atoms with Gasteiger partial charge in [0.15, 0.2) is 11.4 Å². The van der Waals surface area contributed by atoms with E-state index in [0.717, 1.165) is 17.8 Å². The minimum atomic E-state index is 0.546. The first kappa shape index (κ1) is 11.0. The van der Waals surface area contributed by atoms with Crippen molar-refractivity contribution in [2.24, 2.45) is 0 Å². The minimum Gasteiger partial charge on any atom is -0.487 e. The van der Waals surface area contributed by atoms with Gasteiger partial charge in [-0.15, -0.1) is 0 Å². The van der Waals surface area contributed by atoms with Gasteiger partial charge in [-0.05, 0) is 18.6 Å². The zero-order chi connectivity index (χ0) is 11.4. The van der Waals surface area contributed by atoms with Gasteiger partial charge >= 0.3 is 0 Å². The van der Waals surface area contributed by atoms with Crippen LogP contribution >= 0.6 is 0 Å². The largest absolute Gasteiger partial charge is 0.487 e. The van der Waals surface area contributed by atoms with Gasteiger partial charge in [0, 0.05) is 25.2 Å². The maximum absolute atomic E-state index is 5.61. The topological polar surface area (TPSA) is 35.8 Å². The Bertz CT molecular complexity index is 465. The van der Waals surface area contributed by atoms with Crippen LogP contribution in [0.1, 0.15) is 12.6 Å². The van der Waals surface area contributed by atoms with E-state index in [-0.39, 0.29) is 0 Å². The molecule has 0 aromatic carbocycles. The van der Waals surface area contributed by atoms with Crippen LogP contribution in [0.3, 0.4) is 0 Å². The van der Waals surface area contributed by atoms with Crippen molar-refractivity contribution in [2.45, 2.75) is 13.3 Å². The lowest BCUT2D eigenvalue weighted by atomic mass is 10.3. The predicted molar refractivity (Wildman–Crippen MR) is 61.9 cm³/mol. The van der Waals surface area contributed by atoms with Crippen molar-refractivity contribution in [3.8, 4) is 5.75 Å². The molecule has 0 unspecified atom stereocenters. The average molecular weight is 220 g/mol. The van der Waals surface area contributed by atoms with E-state index in [0.29, 0.717) is 13.2 Å². The van der Waals surface area contributed by atoms with Crippen LogP contribution in [0.15, 0.2) is 24.5 Å². The molecule has 2 rings (SSSR count). The monoisotopic (exact) mass is 220 g/mol. The number of pyridine rings is 1. The van der Waals surface area contributed by atoms with Crippen molar-refractivity contribution >= 4 is 5.65 Å². The van der Waals surface area contributed by atoms with E-state index >= 15 is 0 Å². The minimum absolute atomic E-state index is 0.546. The molecule has 0 saturated carbocycles. The third kappa shape index (κ3) is 2.02. The second-order valence-electron chi connectivity index (χ2n) is 3.51. The number of rotatable bonds is 5. The molecule has 0 aliphatic carbocycles.